The van der Waals surface area contributed by atoms with E-state index in [-0.39, 0.29) is 5.15 Å². The third-order valence-electron chi connectivity index (χ3n) is 4.73. The number of rotatable bonds is 6. The summed E-state index contributed by atoms with van der Waals surface area (Å²) in [5, 5.41) is 14.1. The third kappa shape index (κ3) is 4.66. The summed E-state index contributed by atoms with van der Waals surface area (Å²) < 4.78 is 14.4. The highest BCUT2D eigenvalue weighted by Gasteiger charge is 2.12. The highest BCUT2D eigenvalue weighted by molar-refractivity contribution is 7.85. The van der Waals surface area contributed by atoms with Gasteiger partial charge in [0, 0.05) is 36.1 Å². The van der Waals surface area contributed by atoms with Gasteiger partial charge < -0.3 is 10.0 Å². The molecule has 0 fully saturated rings. The van der Waals surface area contributed by atoms with Gasteiger partial charge in [-0.15, -0.1) is 0 Å². The minimum atomic E-state index is -1.27. The number of hydrogen-bond donors (Lipinski definition) is 2. The minimum Gasteiger partial charge on any atom is -0.379 e. The summed E-state index contributed by atoms with van der Waals surface area (Å²) in [6, 6.07) is 19.8. The van der Waals surface area contributed by atoms with Gasteiger partial charge in [-0.25, -0.2) is 9.19 Å². The molecule has 4 rings (SSSR count). The molecular weight excluding hydrogens is 430 g/mol. The number of benzene rings is 2. The largest absolute Gasteiger partial charge is 0.379 e. The molecule has 0 spiro atoms. The van der Waals surface area contributed by atoms with Gasteiger partial charge >= 0.3 is 0 Å². The average molecular weight is 448 g/mol. The van der Waals surface area contributed by atoms with Gasteiger partial charge in [0.2, 0.25) is 0 Å². The molecule has 0 bridgehead atoms. The van der Waals surface area contributed by atoms with Crippen LogP contribution < -0.4 is 10.0 Å². The van der Waals surface area contributed by atoms with E-state index in [1.54, 1.807) is 18.5 Å². The minimum absolute atomic E-state index is 0.249. The van der Waals surface area contributed by atoms with Crippen LogP contribution in [-0.4, -0.2) is 20.4 Å². The standard InChI is InChI=1S/C23H18ClN5OS/c1-31(30)29-21-10-17(13-28-23(21)24)16-7-8-20-19(9-16)22(18(11-25)14-26-20)27-12-15-5-3-2-4-6-15/h2-10,13-14,29H,12H2,1H3,(H,26,27). The number of hydrogen-bond acceptors (Lipinski definition) is 5. The molecule has 4 aromatic rings. The highest BCUT2D eigenvalue weighted by atomic mass is 35.5. The molecule has 0 radical (unpaired) electrons. The van der Waals surface area contributed by atoms with Crippen LogP contribution in [0, 0.1) is 11.3 Å². The summed E-state index contributed by atoms with van der Waals surface area (Å²) in [5.74, 6) is 0. The van der Waals surface area contributed by atoms with E-state index in [0.29, 0.717) is 17.8 Å². The van der Waals surface area contributed by atoms with E-state index < -0.39 is 11.0 Å². The number of halogens is 1. The van der Waals surface area contributed by atoms with Gasteiger partial charge in [-0.2, -0.15) is 5.26 Å². The molecule has 0 aliphatic carbocycles. The Morgan fingerprint density at radius 1 is 1.06 bits per heavy atom. The van der Waals surface area contributed by atoms with Crippen LogP contribution in [-0.2, 0) is 17.5 Å². The van der Waals surface area contributed by atoms with Crippen molar-refractivity contribution < 1.29 is 4.21 Å². The summed E-state index contributed by atoms with van der Waals surface area (Å²) in [7, 11) is -1.27. The van der Waals surface area contributed by atoms with E-state index >= 15 is 0 Å². The summed E-state index contributed by atoms with van der Waals surface area (Å²) >= 11 is 6.12. The van der Waals surface area contributed by atoms with Crippen molar-refractivity contribution >= 4 is 44.9 Å². The normalized spacial score (nSPS) is 11.6. The number of pyridine rings is 2. The maximum atomic E-state index is 11.6. The van der Waals surface area contributed by atoms with Gasteiger partial charge in [-0.3, -0.25) is 4.98 Å². The van der Waals surface area contributed by atoms with Crippen LogP contribution in [0.15, 0.2) is 67.0 Å². The van der Waals surface area contributed by atoms with E-state index in [9.17, 15) is 9.47 Å². The maximum absolute atomic E-state index is 11.6. The molecule has 0 aliphatic heterocycles. The zero-order chi connectivity index (χ0) is 21.8. The maximum Gasteiger partial charge on any atom is 0.153 e. The Hall–Kier alpha value is -3.47. The number of nitrogens with zero attached hydrogens (tertiary/aromatic N) is 3. The Kier molecular flexibility index (Phi) is 6.12. The van der Waals surface area contributed by atoms with Crippen LogP contribution >= 0.6 is 11.6 Å². The Bertz CT molecular complexity index is 1320. The molecule has 8 heteroatoms. The molecule has 1 atom stereocenters. The topological polar surface area (TPSA) is 90.7 Å². The Morgan fingerprint density at radius 3 is 2.61 bits per heavy atom. The molecule has 2 N–H and O–H groups in total. The van der Waals surface area contributed by atoms with Gasteiger partial charge in [0.15, 0.2) is 5.15 Å². The second-order valence-electron chi connectivity index (χ2n) is 6.85. The quantitative estimate of drug-likeness (QED) is 0.399. The molecule has 0 saturated heterocycles. The molecule has 2 aromatic heterocycles. The molecule has 6 nitrogen and oxygen atoms in total. The highest BCUT2D eigenvalue weighted by Crippen LogP contribution is 2.32. The molecule has 154 valence electrons. The first kappa shape index (κ1) is 20.8. The number of nitrogens with one attached hydrogen (secondary N) is 2. The van der Waals surface area contributed by atoms with Gasteiger partial charge in [0.05, 0.1) is 22.5 Å². The zero-order valence-corrected chi connectivity index (χ0v) is 18.2. The van der Waals surface area contributed by atoms with Crippen molar-refractivity contribution in [2.45, 2.75) is 6.54 Å². The number of aromatic nitrogens is 2. The molecule has 0 saturated carbocycles. The number of nitriles is 1. The van der Waals surface area contributed by atoms with Crippen molar-refractivity contribution in [1.82, 2.24) is 9.97 Å². The van der Waals surface area contributed by atoms with Crippen molar-refractivity contribution in [2.75, 3.05) is 16.3 Å². The number of anilines is 2. The third-order valence-corrected chi connectivity index (χ3v) is 5.54. The molecule has 2 aromatic carbocycles. The molecule has 31 heavy (non-hydrogen) atoms. The SMILES string of the molecule is CS(=O)Nc1cc(-c2ccc3ncc(C#N)c(NCc4ccccc4)c3c2)cnc1Cl. The monoisotopic (exact) mass is 447 g/mol. The van der Waals surface area contributed by atoms with Gasteiger partial charge in [-0.05, 0) is 29.3 Å². The molecule has 2 heterocycles. The lowest BCUT2D eigenvalue weighted by molar-refractivity contribution is 0.690. The predicted octanol–water partition coefficient (Wildman–Crippen LogP) is 5.14. The first-order valence-corrected chi connectivity index (χ1v) is 11.4. The Morgan fingerprint density at radius 2 is 1.87 bits per heavy atom. The summed E-state index contributed by atoms with van der Waals surface area (Å²) in [6.07, 6.45) is 4.77. The summed E-state index contributed by atoms with van der Waals surface area (Å²) in [6.45, 7) is 0.581. The lowest BCUT2D eigenvalue weighted by Gasteiger charge is -2.13. The average Bonchev–Trinajstić information content (AvgIpc) is 2.79. The van der Waals surface area contributed by atoms with E-state index in [1.807, 2.05) is 48.5 Å². The molecule has 0 amide bonds. The first-order valence-electron chi connectivity index (χ1n) is 9.42. The smallest absolute Gasteiger partial charge is 0.153 e. The van der Waals surface area contributed by atoms with Crippen LogP contribution in [0.4, 0.5) is 11.4 Å². The van der Waals surface area contributed by atoms with Crippen molar-refractivity contribution in [3.05, 3.63) is 83.3 Å². The van der Waals surface area contributed by atoms with Gasteiger partial charge in [0.25, 0.3) is 0 Å². The summed E-state index contributed by atoms with van der Waals surface area (Å²) in [5.41, 5.74) is 5.25. The first-order chi connectivity index (χ1) is 15.0. The lowest BCUT2D eigenvalue weighted by atomic mass is 10.0. The summed E-state index contributed by atoms with van der Waals surface area (Å²) in [4.78, 5) is 8.63. The van der Waals surface area contributed by atoms with E-state index in [1.165, 1.54) is 6.26 Å². The predicted molar refractivity (Wildman–Crippen MR) is 126 cm³/mol. The fourth-order valence-corrected chi connectivity index (χ4v) is 3.94. The van der Waals surface area contributed by atoms with Crippen LogP contribution in [0.2, 0.25) is 5.15 Å². The molecule has 1 unspecified atom stereocenters. The van der Waals surface area contributed by atoms with Crippen LogP contribution in [0.3, 0.4) is 0 Å². The Labute approximate surface area is 187 Å². The lowest BCUT2D eigenvalue weighted by Crippen LogP contribution is -2.03. The number of fused-ring (bicyclic) bond motifs is 1. The Balaban J connectivity index is 1.77. The van der Waals surface area contributed by atoms with Crippen molar-refractivity contribution in [1.29, 1.82) is 5.26 Å². The van der Waals surface area contributed by atoms with E-state index in [0.717, 1.165) is 33.3 Å². The van der Waals surface area contributed by atoms with Crippen molar-refractivity contribution in [3.63, 3.8) is 0 Å². The molecular formula is C23H18ClN5OS. The van der Waals surface area contributed by atoms with Crippen LogP contribution in [0.5, 0.6) is 0 Å². The van der Waals surface area contributed by atoms with Gasteiger partial charge in [-0.1, -0.05) is 48.0 Å². The second kappa shape index (κ2) is 9.13. The fraction of sp³-hybridized carbons (Fsp3) is 0.0870. The van der Waals surface area contributed by atoms with Crippen LogP contribution in [0.1, 0.15) is 11.1 Å². The molecule has 0 aliphatic rings. The van der Waals surface area contributed by atoms with E-state index in [2.05, 4.69) is 26.1 Å². The zero-order valence-electron chi connectivity index (χ0n) is 16.6. The van der Waals surface area contributed by atoms with Crippen molar-refractivity contribution in [3.8, 4) is 17.2 Å². The van der Waals surface area contributed by atoms with E-state index in [4.69, 9.17) is 11.6 Å². The fourth-order valence-electron chi connectivity index (χ4n) is 3.27. The van der Waals surface area contributed by atoms with Crippen LogP contribution in [0.25, 0.3) is 22.0 Å². The second-order valence-corrected chi connectivity index (χ2v) is 8.32. The van der Waals surface area contributed by atoms with Crippen molar-refractivity contribution in [2.24, 2.45) is 0 Å². The van der Waals surface area contributed by atoms with Gasteiger partial charge in [0.1, 0.15) is 17.1 Å².